The predicted molar refractivity (Wildman–Crippen MR) is 71.0 cm³/mol. The lowest BCUT2D eigenvalue weighted by atomic mass is 10.2. The lowest BCUT2D eigenvalue weighted by Crippen LogP contribution is -2.02. The third kappa shape index (κ3) is 2.31. The van der Waals surface area contributed by atoms with Crippen LogP contribution in [0.1, 0.15) is 5.69 Å². The van der Waals surface area contributed by atoms with E-state index in [0.29, 0.717) is 17.2 Å². The monoisotopic (exact) mass is 345 g/mol. The number of aryl methyl sites for hydroxylation is 1. The Bertz CT molecular complexity index is 566. The quantitative estimate of drug-likeness (QED) is 0.779. The van der Waals surface area contributed by atoms with E-state index in [1.807, 2.05) is 0 Å². The zero-order valence-electron chi connectivity index (χ0n) is 8.91. The summed E-state index contributed by atoms with van der Waals surface area (Å²) in [6.07, 6.45) is 0. The molecule has 1 heterocycles. The first-order valence-corrected chi connectivity index (χ1v) is 5.85. The Labute approximate surface area is 111 Å². The standard InChI is InChI=1S/C11H9FIN3O/c1-5-9(13)10(14)16-11(15-5)6-2-3-8(17)7(12)4-6/h2-4,17H,1H3,(H2,14,15,16). The molecule has 3 N–H and O–H groups in total. The Morgan fingerprint density at radius 1 is 1.35 bits per heavy atom. The van der Waals surface area contributed by atoms with Crippen LogP contribution in [0, 0.1) is 16.3 Å². The van der Waals surface area contributed by atoms with Gasteiger partial charge in [-0.05, 0) is 47.7 Å². The first-order chi connectivity index (χ1) is 7.99. The number of phenols is 1. The Morgan fingerprint density at radius 3 is 2.65 bits per heavy atom. The molecule has 1 aromatic carbocycles. The fourth-order valence-electron chi connectivity index (χ4n) is 1.36. The van der Waals surface area contributed by atoms with Crippen molar-refractivity contribution in [1.82, 2.24) is 9.97 Å². The second-order valence-electron chi connectivity index (χ2n) is 3.50. The third-order valence-electron chi connectivity index (χ3n) is 2.25. The summed E-state index contributed by atoms with van der Waals surface area (Å²) >= 11 is 2.05. The smallest absolute Gasteiger partial charge is 0.165 e. The topological polar surface area (TPSA) is 72.0 Å². The maximum Gasteiger partial charge on any atom is 0.165 e. The summed E-state index contributed by atoms with van der Waals surface area (Å²) < 4.78 is 14.0. The van der Waals surface area contributed by atoms with E-state index in [1.54, 1.807) is 13.0 Å². The maximum absolute atomic E-state index is 13.2. The molecule has 0 radical (unpaired) electrons. The molecule has 0 atom stereocenters. The van der Waals surface area contributed by atoms with Gasteiger partial charge in [0.1, 0.15) is 5.82 Å². The number of nitrogen functional groups attached to an aromatic ring is 1. The van der Waals surface area contributed by atoms with Gasteiger partial charge in [-0.15, -0.1) is 0 Å². The molecular formula is C11H9FIN3O. The van der Waals surface area contributed by atoms with Gasteiger partial charge in [-0.25, -0.2) is 14.4 Å². The highest BCUT2D eigenvalue weighted by atomic mass is 127. The third-order valence-corrected chi connectivity index (χ3v) is 3.58. The zero-order valence-corrected chi connectivity index (χ0v) is 11.1. The van der Waals surface area contributed by atoms with E-state index in [1.165, 1.54) is 12.1 Å². The highest BCUT2D eigenvalue weighted by Crippen LogP contribution is 2.25. The molecule has 1 aromatic heterocycles. The molecule has 0 amide bonds. The fourth-order valence-corrected chi connectivity index (χ4v) is 1.60. The molecule has 6 heteroatoms. The van der Waals surface area contributed by atoms with E-state index < -0.39 is 11.6 Å². The highest BCUT2D eigenvalue weighted by molar-refractivity contribution is 14.1. The van der Waals surface area contributed by atoms with Gasteiger partial charge in [-0.2, -0.15) is 0 Å². The van der Waals surface area contributed by atoms with E-state index in [0.717, 1.165) is 9.26 Å². The van der Waals surface area contributed by atoms with Crippen LogP contribution in [0.4, 0.5) is 10.2 Å². The van der Waals surface area contributed by atoms with Gasteiger partial charge < -0.3 is 10.8 Å². The van der Waals surface area contributed by atoms with Crippen molar-refractivity contribution in [2.75, 3.05) is 5.73 Å². The molecule has 0 aliphatic heterocycles. The van der Waals surface area contributed by atoms with Crippen molar-refractivity contribution in [3.8, 4) is 17.1 Å². The average molecular weight is 345 g/mol. The lowest BCUT2D eigenvalue weighted by molar-refractivity contribution is 0.432. The van der Waals surface area contributed by atoms with Crippen LogP contribution in [0.5, 0.6) is 5.75 Å². The summed E-state index contributed by atoms with van der Waals surface area (Å²) in [5.41, 5.74) is 6.94. The van der Waals surface area contributed by atoms with Gasteiger partial charge in [0, 0.05) is 5.56 Å². The van der Waals surface area contributed by atoms with Gasteiger partial charge >= 0.3 is 0 Å². The fraction of sp³-hybridized carbons (Fsp3) is 0.0909. The number of benzene rings is 1. The van der Waals surface area contributed by atoms with Crippen LogP contribution < -0.4 is 5.73 Å². The predicted octanol–water partition coefficient (Wildman–Crippen LogP) is 2.48. The van der Waals surface area contributed by atoms with Crippen molar-refractivity contribution in [2.24, 2.45) is 0 Å². The summed E-state index contributed by atoms with van der Waals surface area (Å²) in [5.74, 6) is -0.397. The maximum atomic E-state index is 13.2. The van der Waals surface area contributed by atoms with Crippen LogP contribution in [0.15, 0.2) is 18.2 Å². The second kappa shape index (κ2) is 4.44. The Balaban J connectivity index is 2.57. The van der Waals surface area contributed by atoms with E-state index in [-0.39, 0.29) is 0 Å². The second-order valence-corrected chi connectivity index (χ2v) is 4.58. The summed E-state index contributed by atoms with van der Waals surface area (Å²) in [6, 6.07) is 3.98. The van der Waals surface area contributed by atoms with Crippen molar-refractivity contribution < 1.29 is 9.50 Å². The number of aromatic hydroxyl groups is 1. The van der Waals surface area contributed by atoms with Crippen LogP contribution >= 0.6 is 22.6 Å². The average Bonchev–Trinajstić information content (AvgIpc) is 2.29. The first kappa shape index (κ1) is 12.0. The lowest BCUT2D eigenvalue weighted by Gasteiger charge is -2.06. The molecule has 4 nitrogen and oxygen atoms in total. The van der Waals surface area contributed by atoms with E-state index in [9.17, 15) is 4.39 Å². The van der Waals surface area contributed by atoms with Crippen molar-refractivity contribution >= 4 is 28.4 Å². The summed E-state index contributed by atoms with van der Waals surface area (Å²) in [6.45, 7) is 1.81. The van der Waals surface area contributed by atoms with E-state index in [2.05, 4.69) is 32.6 Å². The normalized spacial score (nSPS) is 10.5. The number of hydrogen-bond acceptors (Lipinski definition) is 4. The molecule has 0 aliphatic carbocycles. The minimum absolute atomic E-state index is 0.347. The number of halogens is 2. The minimum Gasteiger partial charge on any atom is -0.505 e. The first-order valence-electron chi connectivity index (χ1n) is 4.77. The van der Waals surface area contributed by atoms with Crippen LogP contribution in [-0.4, -0.2) is 15.1 Å². The molecule has 0 spiro atoms. The SMILES string of the molecule is Cc1nc(-c2ccc(O)c(F)c2)nc(N)c1I. The molecule has 0 aliphatic rings. The molecule has 17 heavy (non-hydrogen) atoms. The molecular weight excluding hydrogens is 336 g/mol. The van der Waals surface area contributed by atoms with Crippen LogP contribution in [0.2, 0.25) is 0 Å². The molecule has 2 aromatic rings. The Kier molecular flexibility index (Phi) is 3.14. The molecule has 0 saturated carbocycles. The molecule has 2 rings (SSSR count). The number of rotatable bonds is 1. The number of hydrogen-bond donors (Lipinski definition) is 2. The van der Waals surface area contributed by atoms with Gasteiger partial charge in [0.15, 0.2) is 17.4 Å². The molecule has 0 saturated heterocycles. The van der Waals surface area contributed by atoms with E-state index in [4.69, 9.17) is 10.8 Å². The van der Waals surface area contributed by atoms with Crippen molar-refractivity contribution in [1.29, 1.82) is 0 Å². The number of nitrogens with zero attached hydrogens (tertiary/aromatic N) is 2. The van der Waals surface area contributed by atoms with E-state index >= 15 is 0 Å². The van der Waals surface area contributed by atoms with Gasteiger partial charge in [-0.3, -0.25) is 0 Å². The molecule has 0 bridgehead atoms. The highest BCUT2D eigenvalue weighted by Gasteiger charge is 2.10. The molecule has 0 unspecified atom stereocenters. The van der Waals surface area contributed by atoms with Gasteiger partial charge in [-0.1, -0.05) is 0 Å². The van der Waals surface area contributed by atoms with Gasteiger partial charge in [0.25, 0.3) is 0 Å². The van der Waals surface area contributed by atoms with Crippen LogP contribution in [-0.2, 0) is 0 Å². The molecule has 88 valence electrons. The van der Waals surface area contributed by atoms with Gasteiger partial charge in [0.05, 0.1) is 9.26 Å². The van der Waals surface area contributed by atoms with Crippen molar-refractivity contribution in [3.05, 3.63) is 33.3 Å². The van der Waals surface area contributed by atoms with Crippen LogP contribution in [0.3, 0.4) is 0 Å². The summed E-state index contributed by atoms with van der Waals surface area (Å²) in [5, 5.41) is 9.10. The van der Waals surface area contributed by atoms with Gasteiger partial charge in [0.2, 0.25) is 0 Å². The number of anilines is 1. The minimum atomic E-state index is -0.708. The number of phenolic OH excluding ortho intramolecular Hbond substituents is 1. The summed E-state index contributed by atoms with van der Waals surface area (Å²) in [4.78, 5) is 8.31. The van der Waals surface area contributed by atoms with Crippen molar-refractivity contribution in [3.63, 3.8) is 0 Å². The largest absolute Gasteiger partial charge is 0.505 e. The van der Waals surface area contributed by atoms with Crippen LogP contribution in [0.25, 0.3) is 11.4 Å². The Morgan fingerprint density at radius 2 is 2.06 bits per heavy atom. The summed E-state index contributed by atoms with van der Waals surface area (Å²) in [7, 11) is 0. The number of nitrogens with two attached hydrogens (primary N) is 1. The Hall–Kier alpha value is -1.44. The number of aromatic nitrogens is 2. The zero-order chi connectivity index (χ0) is 12.6. The van der Waals surface area contributed by atoms with Crippen molar-refractivity contribution in [2.45, 2.75) is 6.92 Å². The molecule has 0 fully saturated rings.